The molecule has 0 saturated heterocycles. The number of amides is 5. The van der Waals surface area contributed by atoms with E-state index in [1.54, 1.807) is 42.5 Å². The molecule has 5 aromatic rings. The average Bonchev–Trinajstić information content (AvgIpc) is 3.25. The molecule has 2 aliphatic heterocycles. The number of hydrogen-bond donors (Lipinski definition) is 7. The van der Waals surface area contributed by atoms with E-state index in [0.717, 1.165) is 23.3 Å². The fourth-order valence-electron chi connectivity index (χ4n) is 6.80. The van der Waals surface area contributed by atoms with Crippen LogP contribution in [0.15, 0.2) is 127 Å². The van der Waals surface area contributed by atoms with E-state index in [1.165, 1.54) is 30.3 Å². The van der Waals surface area contributed by atoms with Crippen molar-refractivity contribution < 1.29 is 47.8 Å². The fourth-order valence-corrected chi connectivity index (χ4v) is 6.80. The van der Waals surface area contributed by atoms with Crippen molar-refractivity contribution in [3.63, 3.8) is 0 Å². The van der Waals surface area contributed by atoms with E-state index in [9.17, 15) is 47.8 Å². The summed E-state index contributed by atoms with van der Waals surface area (Å²) in [7, 11) is 0. The third kappa shape index (κ3) is 12.1. The Labute approximate surface area is 349 Å². The molecule has 0 radical (unpaired) electrons. The maximum atomic E-state index is 14.4. The Morgan fingerprint density at radius 1 is 0.541 bits per heavy atom. The molecular weight excluding hydrogens is 789 g/mol. The summed E-state index contributed by atoms with van der Waals surface area (Å²) in [6, 6.07) is 28.4. The van der Waals surface area contributed by atoms with Crippen LogP contribution in [0.1, 0.15) is 28.7 Å². The molecule has 15 heteroatoms. The number of carboxylic acid groups (broad SMARTS) is 1. The van der Waals surface area contributed by atoms with Gasteiger partial charge in [0.2, 0.25) is 23.6 Å². The summed E-state index contributed by atoms with van der Waals surface area (Å²) in [5, 5.41) is 33.6. The second-order valence-corrected chi connectivity index (χ2v) is 14.7. The molecule has 7 N–H and O–H groups in total. The van der Waals surface area contributed by atoms with E-state index >= 15 is 0 Å². The summed E-state index contributed by atoms with van der Waals surface area (Å²) in [5.74, 6) is -8.25. The summed E-state index contributed by atoms with van der Waals surface area (Å²) in [5.41, 5.74) is 3.79. The monoisotopic (exact) mass is 831 g/mol. The van der Waals surface area contributed by atoms with Crippen molar-refractivity contribution in [3.8, 4) is 11.1 Å². The first-order valence-corrected chi connectivity index (χ1v) is 19.4. The van der Waals surface area contributed by atoms with Crippen molar-refractivity contribution in [3.05, 3.63) is 161 Å². The van der Waals surface area contributed by atoms with Gasteiger partial charge in [-0.1, -0.05) is 103 Å². The third-order valence-electron chi connectivity index (χ3n) is 10.1. The van der Waals surface area contributed by atoms with Gasteiger partial charge in [-0.25, -0.2) is 13.6 Å². The van der Waals surface area contributed by atoms with Crippen molar-refractivity contribution in [2.75, 3.05) is 5.32 Å². The van der Waals surface area contributed by atoms with Gasteiger partial charge in [0.1, 0.15) is 30.3 Å². The lowest BCUT2D eigenvalue weighted by Gasteiger charge is -2.26. The molecule has 5 atom stereocenters. The number of nitrogens with one attached hydrogen (secondary N) is 5. The van der Waals surface area contributed by atoms with Crippen molar-refractivity contribution in [2.24, 2.45) is 0 Å². The number of carbonyl (C=O) groups is 6. The number of carbonyl (C=O) groups excluding carboxylic acids is 5. The largest absolute Gasteiger partial charge is 0.480 e. The minimum Gasteiger partial charge on any atom is -0.480 e. The number of aliphatic carboxylic acids is 1. The zero-order chi connectivity index (χ0) is 43.5. The molecule has 2 heterocycles. The number of aliphatic hydroxyl groups excluding tert-OH is 1. The Hall–Kier alpha value is -7.26. The third-order valence-corrected chi connectivity index (χ3v) is 10.1. The second-order valence-electron chi connectivity index (χ2n) is 14.7. The van der Waals surface area contributed by atoms with E-state index in [-0.39, 0.29) is 30.5 Å². The van der Waals surface area contributed by atoms with Crippen LogP contribution in [0.5, 0.6) is 0 Å². The molecule has 0 fully saturated rings. The summed E-state index contributed by atoms with van der Waals surface area (Å²) >= 11 is 0. The van der Waals surface area contributed by atoms with Gasteiger partial charge in [-0.3, -0.25) is 24.0 Å². The van der Waals surface area contributed by atoms with Gasteiger partial charge in [-0.2, -0.15) is 0 Å². The number of rotatable bonds is 8. The zero-order valence-electron chi connectivity index (χ0n) is 32.6. The number of halogens is 2. The van der Waals surface area contributed by atoms with E-state index < -0.39 is 90.3 Å². The maximum Gasteiger partial charge on any atom is 0.326 e. The van der Waals surface area contributed by atoms with Gasteiger partial charge in [0, 0.05) is 31.4 Å². The minimum atomic E-state index is -1.90. The Kier molecular flexibility index (Phi) is 14.3. The van der Waals surface area contributed by atoms with Crippen LogP contribution >= 0.6 is 0 Å². The Bertz CT molecular complexity index is 2370. The average molecular weight is 832 g/mol. The van der Waals surface area contributed by atoms with Crippen LogP contribution in [-0.2, 0) is 54.5 Å². The van der Waals surface area contributed by atoms with Crippen LogP contribution in [-0.4, -0.2) is 76.0 Å². The molecule has 314 valence electrons. The molecule has 0 spiro atoms. The second kappa shape index (κ2) is 20.1. The maximum absolute atomic E-state index is 14.4. The molecule has 2 bridgehead atoms. The summed E-state index contributed by atoms with van der Waals surface area (Å²) in [6.07, 6.45) is -3.49. The topological polar surface area (TPSA) is 203 Å². The van der Waals surface area contributed by atoms with Crippen molar-refractivity contribution >= 4 is 41.2 Å². The standard InChI is InChI=1S/C46H43F2N5O8/c47-34-20-15-30(21-35(34)48)25-36-42(56)51-38(23-28-11-16-32(17-12-28)31-9-5-2-6-10-31)43(57)52-37(22-27-7-3-1-4-8-27)44(58)53-39(46(60)61)24-29-13-18-33(19-14-29)49-45(59)40(54)26-41(55)50-36/h1-21,36-40,54H,22-26H2,(H,49,59)(H,50,55)(H,51,56)(H,52,57)(H,53,58)(H,60,61)/t36-,37-,38+,39+,40-/m1/s1. The Morgan fingerprint density at radius 2 is 1.05 bits per heavy atom. The highest BCUT2D eigenvalue weighted by molar-refractivity contribution is 5.98. The van der Waals surface area contributed by atoms with Crippen LogP contribution in [0.3, 0.4) is 0 Å². The molecule has 13 nitrogen and oxygen atoms in total. The summed E-state index contributed by atoms with van der Waals surface area (Å²) in [4.78, 5) is 81.3. The molecule has 0 saturated carbocycles. The summed E-state index contributed by atoms with van der Waals surface area (Å²) < 4.78 is 28.2. The van der Waals surface area contributed by atoms with E-state index in [1.807, 2.05) is 42.5 Å². The van der Waals surface area contributed by atoms with Gasteiger partial charge >= 0.3 is 5.97 Å². The number of carboxylic acids is 1. The normalized spacial score (nSPS) is 20.6. The van der Waals surface area contributed by atoms with Gasteiger partial charge in [0.15, 0.2) is 11.6 Å². The highest BCUT2D eigenvalue weighted by atomic mass is 19.2. The number of aliphatic hydroxyl groups is 1. The van der Waals surface area contributed by atoms with E-state index in [0.29, 0.717) is 16.7 Å². The van der Waals surface area contributed by atoms with Crippen LogP contribution in [0.2, 0.25) is 0 Å². The molecule has 5 aromatic carbocycles. The molecule has 0 aromatic heterocycles. The Morgan fingerprint density at radius 3 is 1.64 bits per heavy atom. The lowest BCUT2D eigenvalue weighted by atomic mass is 9.98. The van der Waals surface area contributed by atoms with Crippen molar-refractivity contribution in [1.82, 2.24) is 21.3 Å². The van der Waals surface area contributed by atoms with Crippen LogP contribution < -0.4 is 26.6 Å². The van der Waals surface area contributed by atoms with Crippen LogP contribution in [0, 0.1) is 11.6 Å². The first kappa shape index (κ1) is 43.3. The van der Waals surface area contributed by atoms with Crippen LogP contribution in [0.4, 0.5) is 14.5 Å². The first-order chi connectivity index (χ1) is 29.3. The molecule has 61 heavy (non-hydrogen) atoms. The number of fused-ring (bicyclic) bond motifs is 18. The van der Waals surface area contributed by atoms with Gasteiger partial charge in [0.05, 0.1) is 6.42 Å². The molecule has 0 aliphatic carbocycles. The first-order valence-electron chi connectivity index (χ1n) is 19.4. The van der Waals surface area contributed by atoms with Gasteiger partial charge in [-0.05, 0) is 57.6 Å². The molecule has 7 rings (SSSR count). The van der Waals surface area contributed by atoms with Gasteiger partial charge in [0.25, 0.3) is 5.91 Å². The number of hydrogen-bond acceptors (Lipinski definition) is 7. The highest BCUT2D eigenvalue weighted by Gasteiger charge is 2.33. The highest BCUT2D eigenvalue weighted by Crippen LogP contribution is 2.21. The van der Waals surface area contributed by atoms with Crippen molar-refractivity contribution in [1.29, 1.82) is 0 Å². The number of benzene rings is 5. The number of anilines is 1. The lowest BCUT2D eigenvalue weighted by molar-refractivity contribution is -0.142. The lowest BCUT2D eigenvalue weighted by Crippen LogP contribution is -2.59. The predicted octanol–water partition coefficient (Wildman–Crippen LogP) is 3.63. The van der Waals surface area contributed by atoms with Gasteiger partial charge in [-0.15, -0.1) is 0 Å². The smallest absolute Gasteiger partial charge is 0.326 e. The summed E-state index contributed by atoms with van der Waals surface area (Å²) in [6.45, 7) is 0. The molecule has 2 aliphatic rings. The molecule has 0 unspecified atom stereocenters. The quantitative estimate of drug-likeness (QED) is 0.115. The van der Waals surface area contributed by atoms with E-state index in [4.69, 9.17) is 0 Å². The predicted molar refractivity (Wildman–Crippen MR) is 221 cm³/mol. The Balaban J connectivity index is 1.37. The minimum absolute atomic E-state index is 0.0667. The zero-order valence-corrected chi connectivity index (χ0v) is 32.6. The van der Waals surface area contributed by atoms with Gasteiger partial charge < -0.3 is 36.8 Å². The van der Waals surface area contributed by atoms with E-state index in [2.05, 4.69) is 26.6 Å². The molecular formula is C46H43F2N5O8. The van der Waals surface area contributed by atoms with Crippen LogP contribution in [0.25, 0.3) is 11.1 Å². The molecule has 5 amide bonds. The van der Waals surface area contributed by atoms with Crippen molar-refractivity contribution in [2.45, 2.75) is 62.4 Å². The SMILES string of the molecule is O=C1C[C@@H](O)C(=O)Nc2ccc(cc2)C[C@@H](C(=O)O)NC(=O)[C@@H](Cc2ccccc2)NC(=O)[C@H](Cc2ccc(-c3ccccc3)cc2)NC(=O)[C@@H](Cc2ccc(F)c(F)c2)N1. The fraction of sp³-hybridized carbons (Fsp3) is 0.217.